The van der Waals surface area contributed by atoms with Crippen molar-refractivity contribution in [3.8, 4) is 0 Å². The number of piperazine rings is 1. The molecule has 0 saturated carbocycles. The number of hydrogen-bond donors (Lipinski definition) is 2. The Labute approximate surface area is 153 Å². The Morgan fingerprint density at radius 2 is 2.08 bits per heavy atom. The maximum Gasteiger partial charge on any atom is 0.221 e. The van der Waals surface area contributed by atoms with E-state index in [9.17, 15) is 9.18 Å². The zero-order chi connectivity index (χ0) is 16.9. The molecule has 1 atom stereocenters. The second-order valence-corrected chi connectivity index (χ2v) is 6.13. The molecule has 6 heteroatoms. The van der Waals surface area contributed by atoms with Crippen LogP contribution in [0.15, 0.2) is 48.5 Å². The summed E-state index contributed by atoms with van der Waals surface area (Å²) in [5.74, 6) is -0.280. The van der Waals surface area contributed by atoms with Gasteiger partial charge in [-0.2, -0.15) is 0 Å². The summed E-state index contributed by atoms with van der Waals surface area (Å²) in [7, 11) is 0. The van der Waals surface area contributed by atoms with E-state index in [2.05, 4.69) is 21.6 Å². The quantitative estimate of drug-likeness (QED) is 0.875. The largest absolute Gasteiger partial charge is 0.326 e. The summed E-state index contributed by atoms with van der Waals surface area (Å²) in [5.41, 5.74) is 2.92. The van der Waals surface area contributed by atoms with Gasteiger partial charge in [0.05, 0.1) is 0 Å². The third-order valence-corrected chi connectivity index (χ3v) is 4.22. The maximum atomic E-state index is 13.6. The number of benzene rings is 2. The number of rotatable bonds is 4. The van der Waals surface area contributed by atoms with Crippen LogP contribution < -0.4 is 10.6 Å². The molecule has 1 aliphatic rings. The number of carbonyl (C=O) groups is 1. The Morgan fingerprint density at radius 1 is 1.28 bits per heavy atom. The molecule has 1 saturated heterocycles. The third-order valence-electron chi connectivity index (χ3n) is 4.22. The molecule has 2 aromatic rings. The van der Waals surface area contributed by atoms with Gasteiger partial charge in [-0.3, -0.25) is 9.69 Å². The van der Waals surface area contributed by atoms with Gasteiger partial charge in [0.1, 0.15) is 5.82 Å². The molecular formula is C19H23ClFN3O. The lowest BCUT2D eigenvalue weighted by Crippen LogP contribution is -2.45. The Kier molecular flexibility index (Phi) is 6.93. The number of carbonyl (C=O) groups excluding carboxylic acids is 1. The average molecular weight is 364 g/mol. The molecule has 25 heavy (non-hydrogen) atoms. The van der Waals surface area contributed by atoms with E-state index in [0.717, 1.165) is 43.0 Å². The van der Waals surface area contributed by atoms with Gasteiger partial charge in [0.25, 0.3) is 0 Å². The standard InChI is InChI=1S/C19H22FN3O.ClH/c1-14(24)22-18-7-2-4-15(10-18)13-23-9-8-21-12-19(23)16-5-3-6-17(20)11-16;/h2-7,10-11,19,21H,8-9,12-13H2,1H3,(H,22,24);1H. The Morgan fingerprint density at radius 3 is 2.84 bits per heavy atom. The summed E-state index contributed by atoms with van der Waals surface area (Å²) in [5, 5.41) is 6.20. The molecule has 3 rings (SSSR count). The van der Waals surface area contributed by atoms with Gasteiger partial charge in [0.15, 0.2) is 0 Å². The van der Waals surface area contributed by atoms with E-state index in [1.807, 2.05) is 24.3 Å². The number of hydrogen-bond acceptors (Lipinski definition) is 3. The summed E-state index contributed by atoms with van der Waals surface area (Å²) in [6.45, 7) is 4.87. The summed E-state index contributed by atoms with van der Waals surface area (Å²) < 4.78 is 13.6. The fraction of sp³-hybridized carbons (Fsp3) is 0.316. The highest BCUT2D eigenvalue weighted by Crippen LogP contribution is 2.25. The van der Waals surface area contributed by atoms with Crippen molar-refractivity contribution in [1.82, 2.24) is 10.2 Å². The van der Waals surface area contributed by atoms with E-state index >= 15 is 0 Å². The number of nitrogens with zero attached hydrogens (tertiary/aromatic N) is 1. The highest BCUT2D eigenvalue weighted by atomic mass is 35.5. The zero-order valence-corrected chi connectivity index (χ0v) is 15.0. The first-order valence-electron chi connectivity index (χ1n) is 8.18. The molecule has 0 spiro atoms. The predicted octanol–water partition coefficient (Wildman–Crippen LogP) is 3.35. The number of halogens is 2. The second kappa shape index (κ2) is 8.94. The summed E-state index contributed by atoms with van der Waals surface area (Å²) in [6.07, 6.45) is 0. The van der Waals surface area contributed by atoms with Crippen LogP contribution in [0, 0.1) is 5.82 Å². The minimum atomic E-state index is -0.203. The first-order chi connectivity index (χ1) is 11.6. The summed E-state index contributed by atoms with van der Waals surface area (Å²) >= 11 is 0. The highest BCUT2D eigenvalue weighted by Gasteiger charge is 2.24. The van der Waals surface area contributed by atoms with Crippen LogP contribution in [0.4, 0.5) is 10.1 Å². The van der Waals surface area contributed by atoms with Gasteiger partial charge >= 0.3 is 0 Å². The van der Waals surface area contributed by atoms with E-state index < -0.39 is 0 Å². The predicted molar refractivity (Wildman–Crippen MR) is 100 cm³/mol. The van der Waals surface area contributed by atoms with Crippen LogP contribution in [-0.2, 0) is 11.3 Å². The van der Waals surface area contributed by atoms with Crippen molar-refractivity contribution in [2.24, 2.45) is 0 Å². The first kappa shape index (κ1) is 19.4. The van der Waals surface area contributed by atoms with Crippen molar-refractivity contribution in [2.75, 3.05) is 25.0 Å². The lowest BCUT2D eigenvalue weighted by Gasteiger charge is -2.36. The van der Waals surface area contributed by atoms with Crippen molar-refractivity contribution in [3.05, 3.63) is 65.5 Å². The van der Waals surface area contributed by atoms with Crippen molar-refractivity contribution in [3.63, 3.8) is 0 Å². The second-order valence-electron chi connectivity index (χ2n) is 6.13. The lowest BCUT2D eigenvalue weighted by atomic mass is 10.0. The molecule has 4 nitrogen and oxygen atoms in total. The lowest BCUT2D eigenvalue weighted by molar-refractivity contribution is -0.114. The fourth-order valence-electron chi connectivity index (χ4n) is 3.16. The first-order valence-corrected chi connectivity index (χ1v) is 8.18. The Balaban J connectivity index is 0.00000225. The molecule has 1 unspecified atom stereocenters. The van der Waals surface area contributed by atoms with E-state index in [1.165, 1.54) is 13.0 Å². The van der Waals surface area contributed by atoms with Crippen molar-refractivity contribution in [2.45, 2.75) is 19.5 Å². The Bertz CT molecular complexity index is 725. The molecule has 134 valence electrons. The van der Waals surface area contributed by atoms with Crippen LogP contribution >= 0.6 is 12.4 Å². The van der Waals surface area contributed by atoms with Gasteiger partial charge in [0, 0.05) is 44.8 Å². The van der Waals surface area contributed by atoms with Gasteiger partial charge in [-0.05, 0) is 35.4 Å². The number of anilines is 1. The van der Waals surface area contributed by atoms with Gasteiger partial charge in [-0.1, -0.05) is 24.3 Å². The van der Waals surface area contributed by atoms with Crippen LogP contribution in [-0.4, -0.2) is 30.4 Å². The number of nitrogens with one attached hydrogen (secondary N) is 2. The molecular weight excluding hydrogens is 341 g/mol. The van der Waals surface area contributed by atoms with Crippen LogP contribution in [0.2, 0.25) is 0 Å². The van der Waals surface area contributed by atoms with Crippen molar-refractivity contribution in [1.29, 1.82) is 0 Å². The molecule has 1 fully saturated rings. The minimum Gasteiger partial charge on any atom is -0.326 e. The maximum absolute atomic E-state index is 13.6. The third kappa shape index (κ3) is 5.26. The molecule has 0 aliphatic carbocycles. The van der Waals surface area contributed by atoms with Gasteiger partial charge in [0.2, 0.25) is 5.91 Å². The normalized spacial score (nSPS) is 17.6. The van der Waals surface area contributed by atoms with Gasteiger partial charge in [-0.15, -0.1) is 12.4 Å². The SMILES string of the molecule is CC(=O)Nc1cccc(CN2CCNCC2c2cccc(F)c2)c1.Cl. The van der Waals surface area contributed by atoms with E-state index in [0.29, 0.717) is 0 Å². The van der Waals surface area contributed by atoms with Crippen LogP contribution in [0.25, 0.3) is 0 Å². The molecule has 0 radical (unpaired) electrons. The van der Waals surface area contributed by atoms with Gasteiger partial charge in [-0.25, -0.2) is 4.39 Å². The molecule has 2 N–H and O–H groups in total. The molecule has 1 aliphatic heterocycles. The molecule has 2 aromatic carbocycles. The monoisotopic (exact) mass is 363 g/mol. The van der Waals surface area contributed by atoms with Gasteiger partial charge < -0.3 is 10.6 Å². The molecule has 1 amide bonds. The van der Waals surface area contributed by atoms with E-state index in [-0.39, 0.29) is 30.2 Å². The summed E-state index contributed by atoms with van der Waals surface area (Å²) in [4.78, 5) is 13.6. The van der Waals surface area contributed by atoms with Crippen LogP contribution in [0.1, 0.15) is 24.1 Å². The van der Waals surface area contributed by atoms with Crippen molar-refractivity contribution >= 4 is 24.0 Å². The average Bonchev–Trinajstić information content (AvgIpc) is 2.55. The van der Waals surface area contributed by atoms with E-state index in [1.54, 1.807) is 12.1 Å². The smallest absolute Gasteiger partial charge is 0.221 e. The summed E-state index contributed by atoms with van der Waals surface area (Å²) in [6, 6.07) is 14.8. The topological polar surface area (TPSA) is 44.4 Å². The molecule has 0 aromatic heterocycles. The highest BCUT2D eigenvalue weighted by molar-refractivity contribution is 5.88. The molecule has 0 bridgehead atoms. The fourth-order valence-corrected chi connectivity index (χ4v) is 3.16. The van der Waals surface area contributed by atoms with Crippen molar-refractivity contribution < 1.29 is 9.18 Å². The molecule has 1 heterocycles. The Hall–Kier alpha value is -1.95. The van der Waals surface area contributed by atoms with Crippen LogP contribution in [0.3, 0.4) is 0 Å². The zero-order valence-electron chi connectivity index (χ0n) is 14.2. The van der Waals surface area contributed by atoms with Crippen LogP contribution in [0.5, 0.6) is 0 Å². The number of amides is 1. The minimum absolute atomic E-state index is 0. The van der Waals surface area contributed by atoms with E-state index in [4.69, 9.17) is 0 Å².